The number of hydrogen-bond acceptors (Lipinski definition) is 5. The Balaban J connectivity index is 2.15. The summed E-state index contributed by atoms with van der Waals surface area (Å²) in [5, 5.41) is 4.30. The standard InChI is InChI=1S/C13H12N6/c14-12-8-10(17-13(15)18-12)11-6-7-16-19(11)9-4-2-1-3-5-9/h1-8H,(H4,14,15,17,18). The second-order valence-corrected chi connectivity index (χ2v) is 4.00. The van der Waals surface area contributed by atoms with Gasteiger partial charge in [-0.15, -0.1) is 0 Å². The molecule has 0 fully saturated rings. The van der Waals surface area contributed by atoms with Gasteiger partial charge in [-0.1, -0.05) is 18.2 Å². The van der Waals surface area contributed by atoms with Gasteiger partial charge in [0.1, 0.15) is 5.82 Å². The molecule has 0 saturated heterocycles. The number of benzene rings is 1. The van der Waals surface area contributed by atoms with Gasteiger partial charge in [0.2, 0.25) is 5.95 Å². The van der Waals surface area contributed by atoms with Crippen molar-refractivity contribution in [1.82, 2.24) is 19.7 Å². The van der Waals surface area contributed by atoms with E-state index in [0.29, 0.717) is 11.5 Å². The fourth-order valence-electron chi connectivity index (χ4n) is 1.89. The predicted molar refractivity (Wildman–Crippen MR) is 73.4 cm³/mol. The lowest BCUT2D eigenvalue weighted by molar-refractivity contribution is 0.883. The van der Waals surface area contributed by atoms with Crippen LogP contribution >= 0.6 is 0 Å². The molecule has 0 aliphatic carbocycles. The molecule has 2 heterocycles. The van der Waals surface area contributed by atoms with E-state index in [0.717, 1.165) is 11.4 Å². The summed E-state index contributed by atoms with van der Waals surface area (Å²) in [6.45, 7) is 0. The van der Waals surface area contributed by atoms with E-state index in [1.54, 1.807) is 16.9 Å². The Morgan fingerprint density at radius 2 is 1.74 bits per heavy atom. The third kappa shape index (κ3) is 2.11. The van der Waals surface area contributed by atoms with Crippen LogP contribution in [0, 0.1) is 0 Å². The quantitative estimate of drug-likeness (QED) is 0.720. The maximum absolute atomic E-state index is 5.69. The molecule has 19 heavy (non-hydrogen) atoms. The Kier molecular flexibility index (Phi) is 2.60. The van der Waals surface area contributed by atoms with Gasteiger partial charge in [0.05, 0.1) is 23.3 Å². The summed E-state index contributed by atoms with van der Waals surface area (Å²) in [6.07, 6.45) is 1.71. The first-order valence-electron chi connectivity index (χ1n) is 5.74. The van der Waals surface area contributed by atoms with Gasteiger partial charge >= 0.3 is 0 Å². The Bertz CT molecular complexity index is 684. The van der Waals surface area contributed by atoms with Crippen molar-refractivity contribution < 1.29 is 0 Å². The zero-order valence-corrected chi connectivity index (χ0v) is 10.1. The SMILES string of the molecule is Nc1cc(-c2ccnn2-c2ccccc2)nc(N)n1. The molecule has 0 radical (unpaired) electrons. The van der Waals surface area contributed by atoms with Crippen molar-refractivity contribution in [2.45, 2.75) is 0 Å². The van der Waals surface area contributed by atoms with Crippen molar-refractivity contribution in [2.75, 3.05) is 11.5 Å². The molecule has 4 N–H and O–H groups in total. The molecule has 2 aromatic heterocycles. The minimum Gasteiger partial charge on any atom is -0.384 e. The summed E-state index contributed by atoms with van der Waals surface area (Å²) >= 11 is 0. The number of rotatable bonds is 2. The van der Waals surface area contributed by atoms with Crippen LogP contribution in [-0.2, 0) is 0 Å². The van der Waals surface area contributed by atoms with Gasteiger partial charge in [-0.25, -0.2) is 9.67 Å². The lowest BCUT2D eigenvalue weighted by Crippen LogP contribution is -2.04. The minimum absolute atomic E-state index is 0.149. The molecule has 0 unspecified atom stereocenters. The highest BCUT2D eigenvalue weighted by atomic mass is 15.3. The van der Waals surface area contributed by atoms with E-state index in [1.807, 2.05) is 36.4 Å². The number of nitrogens with two attached hydrogens (primary N) is 2. The molecule has 0 atom stereocenters. The summed E-state index contributed by atoms with van der Waals surface area (Å²) in [5.41, 5.74) is 13.7. The van der Waals surface area contributed by atoms with E-state index in [9.17, 15) is 0 Å². The van der Waals surface area contributed by atoms with Crippen LogP contribution in [0.1, 0.15) is 0 Å². The zero-order chi connectivity index (χ0) is 13.2. The van der Waals surface area contributed by atoms with Gasteiger partial charge in [-0.3, -0.25) is 0 Å². The Morgan fingerprint density at radius 3 is 2.47 bits per heavy atom. The van der Waals surface area contributed by atoms with E-state index < -0.39 is 0 Å². The van der Waals surface area contributed by atoms with Crippen molar-refractivity contribution in [1.29, 1.82) is 0 Å². The summed E-state index contributed by atoms with van der Waals surface area (Å²) in [5.74, 6) is 0.485. The van der Waals surface area contributed by atoms with Crippen molar-refractivity contribution >= 4 is 11.8 Å². The number of aromatic nitrogens is 4. The molecule has 1 aromatic carbocycles. The number of nitrogens with zero attached hydrogens (tertiary/aromatic N) is 4. The number of anilines is 2. The van der Waals surface area contributed by atoms with Gasteiger partial charge in [-0.05, 0) is 18.2 Å². The average Bonchev–Trinajstić information content (AvgIpc) is 2.88. The molecule has 3 aromatic rings. The lowest BCUT2D eigenvalue weighted by Gasteiger charge is -2.07. The summed E-state index contributed by atoms with van der Waals surface area (Å²) < 4.78 is 1.78. The minimum atomic E-state index is 0.149. The van der Waals surface area contributed by atoms with E-state index >= 15 is 0 Å². The Morgan fingerprint density at radius 1 is 0.947 bits per heavy atom. The van der Waals surface area contributed by atoms with Gasteiger partial charge in [0, 0.05) is 6.07 Å². The van der Waals surface area contributed by atoms with Gasteiger partial charge < -0.3 is 11.5 Å². The molecule has 0 aliphatic rings. The molecule has 0 amide bonds. The number of nitrogen functional groups attached to an aromatic ring is 2. The third-order valence-electron chi connectivity index (χ3n) is 2.67. The largest absolute Gasteiger partial charge is 0.384 e. The van der Waals surface area contributed by atoms with E-state index in [-0.39, 0.29) is 5.95 Å². The van der Waals surface area contributed by atoms with E-state index in [2.05, 4.69) is 15.1 Å². The first-order valence-corrected chi connectivity index (χ1v) is 5.74. The number of hydrogen-bond donors (Lipinski definition) is 2. The van der Waals surface area contributed by atoms with Gasteiger partial charge in [-0.2, -0.15) is 10.1 Å². The van der Waals surface area contributed by atoms with Crippen LogP contribution in [0.2, 0.25) is 0 Å². The second-order valence-electron chi connectivity index (χ2n) is 4.00. The molecule has 94 valence electrons. The highest BCUT2D eigenvalue weighted by Crippen LogP contribution is 2.22. The molecule has 6 heteroatoms. The van der Waals surface area contributed by atoms with Crippen LogP contribution in [-0.4, -0.2) is 19.7 Å². The van der Waals surface area contributed by atoms with Crippen molar-refractivity contribution in [3.05, 3.63) is 48.7 Å². The maximum Gasteiger partial charge on any atom is 0.222 e. The molecule has 0 aliphatic heterocycles. The van der Waals surface area contributed by atoms with Crippen LogP contribution in [0.5, 0.6) is 0 Å². The van der Waals surface area contributed by atoms with Crippen LogP contribution in [0.4, 0.5) is 11.8 Å². The molecular weight excluding hydrogens is 240 g/mol. The molecule has 0 saturated carbocycles. The summed E-state index contributed by atoms with van der Waals surface area (Å²) in [4.78, 5) is 8.05. The summed E-state index contributed by atoms with van der Waals surface area (Å²) in [7, 11) is 0. The molecule has 3 rings (SSSR count). The molecule has 0 spiro atoms. The lowest BCUT2D eigenvalue weighted by atomic mass is 10.2. The third-order valence-corrected chi connectivity index (χ3v) is 2.67. The fraction of sp³-hybridized carbons (Fsp3) is 0. The van der Waals surface area contributed by atoms with Crippen molar-refractivity contribution in [2.24, 2.45) is 0 Å². The Labute approximate surface area is 109 Å². The van der Waals surface area contributed by atoms with Gasteiger partial charge in [0.15, 0.2) is 0 Å². The van der Waals surface area contributed by atoms with Crippen LogP contribution in [0.15, 0.2) is 48.7 Å². The topological polar surface area (TPSA) is 95.6 Å². The van der Waals surface area contributed by atoms with Crippen molar-refractivity contribution in [3.63, 3.8) is 0 Å². The smallest absolute Gasteiger partial charge is 0.222 e. The first-order chi connectivity index (χ1) is 9.24. The normalized spacial score (nSPS) is 10.5. The predicted octanol–water partition coefficient (Wildman–Crippen LogP) is 1.49. The van der Waals surface area contributed by atoms with E-state index in [1.165, 1.54) is 0 Å². The van der Waals surface area contributed by atoms with Crippen LogP contribution < -0.4 is 11.5 Å². The maximum atomic E-state index is 5.69. The fourth-order valence-corrected chi connectivity index (χ4v) is 1.89. The molecule has 6 nitrogen and oxygen atoms in total. The van der Waals surface area contributed by atoms with E-state index in [4.69, 9.17) is 11.5 Å². The average molecular weight is 252 g/mol. The highest BCUT2D eigenvalue weighted by molar-refractivity contribution is 5.61. The Hall–Kier alpha value is -2.89. The molecular formula is C13H12N6. The summed E-state index contributed by atoms with van der Waals surface area (Å²) in [6, 6.07) is 13.3. The van der Waals surface area contributed by atoms with Crippen LogP contribution in [0.25, 0.3) is 17.1 Å². The first kappa shape index (κ1) is 11.2. The highest BCUT2D eigenvalue weighted by Gasteiger charge is 2.10. The zero-order valence-electron chi connectivity index (χ0n) is 10.1. The number of para-hydroxylation sites is 1. The van der Waals surface area contributed by atoms with Gasteiger partial charge in [0.25, 0.3) is 0 Å². The second kappa shape index (κ2) is 4.41. The van der Waals surface area contributed by atoms with Crippen LogP contribution in [0.3, 0.4) is 0 Å². The molecule has 0 bridgehead atoms. The van der Waals surface area contributed by atoms with Crippen molar-refractivity contribution in [3.8, 4) is 17.1 Å². The monoisotopic (exact) mass is 252 g/mol.